The molecule has 3 aliphatic heterocycles. The molecule has 1 amide bonds. The number of ketones is 2. The standard InChI is InChI=1S/C35H27BrN2O5/c1-42-23-16-17-28(43-2)24(19-23)33(40)30-31(32(39)21-11-14-22(36)15-12-21)38-27-10-6-3-7-20(27)13-18-29(38)35(30)25-8-4-5-9-26(25)37-34(35)41/h3-19,29-31H,1-2H3,(H,37,41)/t29-,30-,31+,35+/m0/s1. The van der Waals surface area contributed by atoms with Crippen molar-refractivity contribution in [3.05, 3.63) is 124 Å². The first-order valence-corrected chi connectivity index (χ1v) is 14.7. The van der Waals surface area contributed by atoms with Crippen molar-refractivity contribution in [2.24, 2.45) is 5.92 Å². The fourth-order valence-electron chi connectivity index (χ4n) is 7.08. The number of fused-ring (bicyclic) bond motifs is 6. The van der Waals surface area contributed by atoms with Crippen molar-refractivity contribution in [2.75, 3.05) is 24.4 Å². The van der Waals surface area contributed by atoms with E-state index in [4.69, 9.17) is 9.47 Å². The van der Waals surface area contributed by atoms with Crippen LogP contribution in [0.15, 0.2) is 102 Å². The lowest BCUT2D eigenvalue weighted by molar-refractivity contribution is -0.121. The van der Waals surface area contributed by atoms with Crippen molar-refractivity contribution < 1.29 is 23.9 Å². The molecule has 7 nitrogen and oxygen atoms in total. The van der Waals surface area contributed by atoms with Gasteiger partial charge in [0.25, 0.3) is 0 Å². The highest BCUT2D eigenvalue weighted by Gasteiger charge is 2.70. The maximum Gasteiger partial charge on any atom is 0.238 e. The molecule has 0 unspecified atom stereocenters. The molecule has 1 N–H and O–H groups in total. The Morgan fingerprint density at radius 1 is 0.884 bits per heavy atom. The molecule has 4 atom stereocenters. The van der Waals surface area contributed by atoms with Gasteiger partial charge in [0.15, 0.2) is 11.6 Å². The summed E-state index contributed by atoms with van der Waals surface area (Å²) < 4.78 is 12.0. The van der Waals surface area contributed by atoms with Crippen LogP contribution in [0.3, 0.4) is 0 Å². The second-order valence-corrected chi connectivity index (χ2v) is 11.8. The predicted octanol–water partition coefficient (Wildman–Crippen LogP) is 6.32. The topological polar surface area (TPSA) is 84.9 Å². The molecule has 8 heteroatoms. The summed E-state index contributed by atoms with van der Waals surface area (Å²) in [5, 5.41) is 3.06. The number of benzene rings is 4. The van der Waals surface area contributed by atoms with Crippen LogP contribution in [0.2, 0.25) is 0 Å². The number of amides is 1. The summed E-state index contributed by atoms with van der Waals surface area (Å²) in [6.45, 7) is 0. The Bertz CT molecular complexity index is 1830. The number of methoxy groups -OCH3 is 2. The van der Waals surface area contributed by atoms with Crippen LogP contribution in [0.4, 0.5) is 11.4 Å². The molecule has 3 aliphatic rings. The van der Waals surface area contributed by atoms with Crippen LogP contribution < -0.4 is 19.7 Å². The number of hydrogen-bond acceptors (Lipinski definition) is 6. The van der Waals surface area contributed by atoms with Crippen molar-refractivity contribution in [2.45, 2.75) is 17.5 Å². The van der Waals surface area contributed by atoms with Crippen LogP contribution in [0.1, 0.15) is 31.8 Å². The third-order valence-corrected chi connectivity index (χ3v) is 9.42. The number of nitrogens with one attached hydrogen (secondary N) is 1. The molecule has 3 heterocycles. The smallest absolute Gasteiger partial charge is 0.238 e. The monoisotopic (exact) mass is 634 g/mol. The van der Waals surface area contributed by atoms with E-state index in [-0.39, 0.29) is 23.0 Å². The van der Waals surface area contributed by atoms with Gasteiger partial charge in [-0.05, 0) is 53.6 Å². The van der Waals surface area contributed by atoms with Crippen molar-refractivity contribution >= 4 is 50.9 Å². The number of halogens is 1. The number of hydrogen-bond donors (Lipinski definition) is 1. The van der Waals surface area contributed by atoms with Gasteiger partial charge in [0.1, 0.15) is 23.0 Å². The largest absolute Gasteiger partial charge is 0.497 e. The van der Waals surface area contributed by atoms with Crippen LogP contribution in [0.5, 0.6) is 11.5 Å². The molecule has 0 saturated carbocycles. The van der Waals surface area contributed by atoms with Crippen LogP contribution in [-0.2, 0) is 10.2 Å². The molecule has 0 bridgehead atoms. The highest BCUT2D eigenvalue weighted by Crippen LogP contribution is 2.58. The Balaban J connectivity index is 1.55. The number of Topliss-reactive ketones (excluding diaryl/α,β-unsaturated/α-hetero) is 2. The quantitative estimate of drug-likeness (QED) is 0.250. The lowest BCUT2D eigenvalue weighted by Gasteiger charge is -2.37. The molecule has 43 heavy (non-hydrogen) atoms. The van der Waals surface area contributed by atoms with Gasteiger partial charge in [-0.1, -0.05) is 76.6 Å². The van der Waals surface area contributed by atoms with Gasteiger partial charge < -0.3 is 19.7 Å². The summed E-state index contributed by atoms with van der Waals surface area (Å²) in [5.41, 5.74) is 2.28. The third kappa shape index (κ3) is 3.89. The summed E-state index contributed by atoms with van der Waals surface area (Å²) in [6, 6.07) is 25.7. The summed E-state index contributed by atoms with van der Waals surface area (Å²) in [6.07, 6.45) is 3.94. The summed E-state index contributed by atoms with van der Waals surface area (Å²) >= 11 is 3.46. The van der Waals surface area contributed by atoms with Crippen LogP contribution in [0.25, 0.3) is 6.08 Å². The van der Waals surface area contributed by atoms with Gasteiger partial charge in [-0.15, -0.1) is 0 Å². The zero-order valence-electron chi connectivity index (χ0n) is 23.4. The maximum atomic E-state index is 15.1. The number of carbonyl (C=O) groups excluding carboxylic acids is 3. The zero-order valence-corrected chi connectivity index (χ0v) is 25.0. The first-order valence-electron chi connectivity index (χ1n) is 13.9. The minimum Gasteiger partial charge on any atom is -0.497 e. The average molecular weight is 636 g/mol. The molecule has 1 fully saturated rings. The number of ether oxygens (including phenoxy) is 2. The molecule has 7 rings (SSSR count). The van der Waals surface area contributed by atoms with E-state index in [2.05, 4.69) is 21.2 Å². The predicted molar refractivity (Wildman–Crippen MR) is 168 cm³/mol. The lowest BCUT2D eigenvalue weighted by atomic mass is 9.64. The molecule has 4 aromatic rings. The normalized spacial score (nSPS) is 22.9. The molecule has 1 spiro atoms. The van der Waals surface area contributed by atoms with E-state index in [1.165, 1.54) is 14.2 Å². The Hall–Kier alpha value is -4.69. The number of para-hydroxylation sites is 2. The molecular formula is C35H27BrN2O5. The molecular weight excluding hydrogens is 608 g/mol. The summed E-state index contributed by atoms with van der Waals surface area (Å²) in [4.78, 5) is 46.4. The van der Waals surface area contributed by atoms with E-state index in [1.807, 2.05) is 65.6 Å². The molecule has 0 aliphatic carbocycles. The van der Waals surface area contributed by atoms with Crippen LogP contribution >= 0.6 is 15.9 Å². The minimum absolute atomic E-state index is 0.245. The number of anilines is 2. The fourth-order valence-corrected chi connectivity index (χ4v) is 7.34. The van der Waals surface area contributed by atoms with E-state index < -0.39 is 23.4 Å². The van der Waals surface area contributed by atoms with Gasteiger partial charge in [0, 0.05) is 21.4 Å². The molecule has 214 valence electrons. The zero-order chi connectivity index (χ0) is 29.9. The molecule has 1 saturated heterocycles. The highest BCUT2D eigenvalue weighted by molar-refractivity contribution is 9.10. The molecule has 4 aromatic carbocycles. The van der Waals surface area contributed by atoms with Crippen molar-refractivity contribution in [1.29, 1.82) is 0 Å². The van der Waals surface area contributed by atoms with Gasteiger partial charge in [-0.3, -0.25) is 14.4 Å². The third-order valence-electron chi connectivity index (χ3n) is 8.89. The number of rotatable bonds is 6. The van der Waals surface area contributed by atoms with E-state index in [1.54, 1.807) is 42.5 Å². The Kier molecular flexibility index (Phi) is 6.47. The van der Waals surface area contributed by atoms with Gasteiger partial charge in [0.2, 0.25) is 5.91 Å². The van der Waals surface area contributed by atoms with E-state index in [0.29, 0.717) is 28.3 Å². The van der Waals surface area contributed by atoms with Crippen LogP contribution in [-0.4, -0.2) is 43.8 Å². The van der Waals surface area contributed by atoms with Gasteiger partial charge >= 0.3 is 0 Å². The Labute approximate surface area is 257 Å². The summed E-state index contributed by atoms with van der Waals surface area (Å²) in [5.74, 6) is -1.27. The average Bonchev–Trinajstić information content (AvgIpc) is 3.52. The lowest BCUT2D eigenvalue weighted by Crippen LogP contribution is -2.51. The number of carbonyl (C=O) groups is 3. The minimum atomic E-state index is -1.42. The molecule has 0 radical (unpaired) electrons. The summed E-state index contributed by atoms with van der Waals surface area (Å²) in [7, 11) is 3.02. The Morgan fingerprint density at radius 2 is 1.63 bits per heavy atom. The van der Waals surface area contributed by atoms with E-state index >= 15 is 4.79 Å². The van der Waals surface area contributed by atoms with Crippen molar-refractivity contribution in [3.8, 4) is 11.5 Å². The maximum absolute atomic E-state index is 15.1. The van der Waals surface area contributed by atoms with Crippen molar-refractivity contribution in [3.63, 3.8) is 0 Å². The first-order chi connectivity index (χ1) is 20.9. The van der Waals surface area contributed by atoms with Crippen molar-refractivity contribution in [1.82, 2.24) is 0 Å². The molecule has 0 aromatic heterocycles. The van der Waals surface area contributed by atoms with Gasteiger partial charge in [-0.2, -0.15) is 0 Å². The second-order valence-electron chi connectivity index (χ2n) is 10.9. The second kappa shape index (κ2) is 10.2. The first kappa shape index (κ1) is 27.2. The highest BCUT2D eigenvalue weighted by atomic mass is 79.9. The SMILES string of the molecule is COc1ccc(OC)c(C(=O)[C@@H]2[C@H](C(=O)c3ccc(Br)cc3)N3c4ccccc4C=C[C@H]3[C@@]23C(=O)Nc2ccccc23)c1. The van der Waals surface area contributed by atoms with E-state index in [0.717, 1.165) is 15.7 Å². The Morgan fingerprint density at radius 3 is 2.40 bits per heavy atom. The van der Waals surface area contributed by atoms with Gasteiger partial charge in [0.05, 0.1) is 31.7 Å². The van der Waals surface area contributed by atoms with Gasteiger partial charge in [-0.25, -0.2) is 0 Å². The number of nitrogens with zero attached hydrogens (tertiary/aromatic N) is 1. The van der Waals surface area contributed by atoms with E-state index in [9.17, 15) is 9.59 Å². The fraction of sp³-hybridized carbons (Fsp3) is 0.171. The van der Waals surface area contributed by atoms with Crippen LogP contribution in [0, 0.1) is 5.92 Å².